The number of aromatic amines is 1. The van der Waals surface area contributed by atoms with Crippen LogP contribution in [0.3, 0.4) is 0 Å². The summed E-state index contributed by atoms with van der Waals surface area (Å²) in [5, 5.41) is 2.23. The van der Waals surface area contributed by atoms with Crippen molar-refractivity contribution < 1.29 is 9.53 Å². The SMILES string of the molecule is O=C(OCc1cccc2ccccc12)c1cccc2[nH]cnc12. The Morgan fingerprint density at radius 2 is 1.83 bits per heavy atom. The number of aromatic nitrogens is 2. The number of para-hydroxylation sites is 1. The highest BCUT2D eigenvalue weighted by atomic mass is 16.5. The number of ether oxygens (including phenoxy) is 1. The lowest BCUT2D eigenvalue weighted by Gasteiger charge is -2.08. The number of benzene rings is 3. The van der Waals surface area contributed by atoms with Gasteiger partial charge in [0, 0.05) is 0 Å². The van der Waals surface area contributed by atoms with Crippen LogP contribution >= 0.6 is 0 Å². The van der Waals surface area contributed by atoms with E-state index in [0.29, 0.717) is 11.1 Å². The van der Waals surface area contributed by atoms with E-state index < -0.39 is 0 Å². The summed E-state index contributed by atoms with van der Waals surface area (Å²) in [6.07, 6.45) is 1.58. The molecule has 1 aromatic heterocycles. The quantitative estimate of drug-likeness (QED) is 0.580. The van der Waals surface area contributed by atoms with Crippen LogP contribution in [-0.4, -0.2) is 15.9 Å². The minimum atomic E-state index is -0.365. The molecule has 0 spiro atoms. The predicted octanol–water partition coefficient (Wildman–Crippen LogP) is 4.07. The average molecular weight is 302 g/mol. The first-order chi connectivity index (χ1) is 11.3. The Hall–Kier alpha value is -3.14. The molecule has 0 radical (unpaired) electrons. The fraction of sp³-hybridized carbons (Fsp3) is 0.0526. The number of rotatable bonds is 3. The molecule has 112 valence electrons. The van der Waals surface area contributed by atoms with Crippen molar-refractivity contribution in [1.82, 2.24) is 9.97 Å². The molecule has 3 aromatic carbocycles. The lowest BCUT2D eigenvalue weighted by Crippen LogP contribution is -2.06. The van der Waals surface area contributed by atoms with Crippen LogP contribution in [0.5, 0.6) is 0 Å². The molecule has 1 N–H and O–H groups in total. The van der Waals surface area contributed by atoms with E-state index in [0.717, 1.165) is 21.9 Å². The molecule has 0 aliphatic rings. The fourth-order valence-electron chi connectivity index (χ4n) is 2.77. The lowest BCUT2D eigenvalue weighted by molar-refractivity contribution is 0.0476. The van der Waals surface area contributed by atoms with Gasteiger partial charge in [-0.2, -0.15) is 0 Å². The lowest BCUT2D eigenvalue weighted by atomic mass is 10.1. The molecule has 0 aliphatic heterocycles. The highest BCUT2D eigenvalue weighted by Crippen LogP contribution is 2.21. The summed E-state index contributed by atoms with van der Waals surface area (Å²) in [6.45, 7) is 0.237. The minimum absolute atomic E-state index is 0.237. The molecule has 4 aromatic rings. The van der Waals surface area contributed by atoms with E-state index in [1.165, 1.54) is 0 Å². The number of H-pyrrole nitrogens is 1. The predicted molar refractivity (Wildman–Crippen MR) is 89.2 cm³/mol. The summed E-state index contributed by atoms with van der Waals surface area (Å²) >= 11 is 0. The summed E-state index contributed by atoms with van der Waals surface area (Å²) in [5.74, 6) is -0.365. The Balaban J connectivity index is 1.61. The highest BCUT2D eigenvalue weighted by Gasteiger charge is 2.13. The summed E-state index contributed by atoms with van der Waals surface area (Å²) in [7, 11) is 0. The molecular formula is C19H14N2O2. The van der Waals surface area contributed by atoms with E-state index in [1.54, 1.807) is 12.4 Å². The second-order valence-electron chi connectivity index (χ2n) is 5.32. The van der Waals surface area contributed by atoms with Gasteiger partial charge in [0.15, 0.2) is 0 Å². The van der Waals surface area contributed by atoms with Crippen LogP contribution in [0, 0.1) is 0 Å². The van der Waals surface area contributed by atoms with Gasteiger partial charge in [-0.3, -0.25) is 0 Å². The average Bonchev–Trinajstić information content (AvgIpc) is 3.08. The molecule has 0 saturated carbocycles. The maximum absolute atomic E-state index is 12.4. The summed E-state index contributed by atoms with van der Waals surface area (Å²) < 4.78 is 5.51. The molecule has 1 heterocycles. The van der Waals surface area contributed by atoms with Crippen molar-refractivity contribution in [2.24, 2.45) is 0 Å². The van der Waals surface area contributed by atoms with Gasteiger partial charge in [0.2, 0.25) is 0 Å². The van der Waals surface area contributed by atoms with Crippen molar-refractivity contribution >= 4 is 27.8 Å². The zero-order valence-corrected chi connectivity index (χ0v) is 12.3. The van der Waals surface area contributed by atoms with Gasteiger partial charge < -0.3 is 9.72 Å². The monoisotopic (exact) mass is 302 g/mol. The van der Waals surface area contributed by atoms with Crippen molar-refractivity contribution in [2.75, 3.05) is 0 Å². The first-order valence-electron chi connectivity index (χ1n) is 7.39. The third-order valence-electron chi connectivity index (χ3n) is 3.91. The molecular weight excluding hydrogens is 288 g/mol. The van der Waals surface area contributed by atoms with Gasteiger partial charge in [0.05, 0.1) is 17.4 Å². The van der Waals surface area contributed by atoms with Gasteiger partial charge in [0.1, 0.15) is 12.1 Å². The van der Waals surface area contributed by atoms with Gasteiger partial charge in [-0.1, -0.05) is 48.5 Å². The van der Waals surface area contributed by atoms with Gasteiger partial charge in [-0.25, -0.2) is 9.78 Å². The first-order valence-corrected chi connectivity index (χ1v) is 7.39. The van der Waals surface area contributed by atoms with Crippen LogP contribution < -0.4 is 0 Å². The Morgan fingerprint density at radius 3 is 2.78 bits per heavy atom. The van der Waals surface area contributed by atoms with Gasteiger partial charge in [-0.05, 0) is 28.5 Å². The van der Waals surface area contributed by atoms with E-state index in [9.17, 15) is 4.79 Å². The van der Waals surface area contributed by atoms with Crippen LogP contribution in [0.25, 0.3) is 21.8 Å². The van der Waals surface area contributed by atoms with Crippen LogP contribution in [0.4, 0.5) is 0 Å². The molecule has 0 bridgehead atoms. The van der Waals surface area contributed by atoms with Crippen LogP contribution in [0.1, 0.15) is 15.9 Å². The molecule has 0 fully saturated rings. The van der Waals surface area contributed by atoms with Gasteiger partial charge in [0.25, 0.3) is 0 Å². The summed E-state index contributed by atoms with van der Waals surface area (Å²) in [4.78, 5) is 19.6. The van der Waals surface area contributed by atoms with Crippen LogP contribution in [-0.2, 0) is 11.3 Å². The zero-order valence-electron chi connectivity index (χ0n) is 12.3. The van der Waals surface area contributed by atoms with Gasteiger partial charge >= 0.3 is 5.97 Å². The highest BCUT2D eigenvalue weighted by molar-refractivity contribution is 6.01. The first kappa shape index (κ1) is 13.5. The maximum Gasteiger partial charge on any atom is 0.340 e. The molecule has 0 aliphatic carbocycles. The number of fused-ring (bicyclic) bond motifs is 2. The molecule has 23 heavy (non-hydrogen) atoms. The standard InChI is InChI=1S/C19H14N2O2/c22-19(16-9-4-10-17-18(16)21-12-20-17)23-11-14-7-3-6-13-5-1-2-8-15(13)14/h1-10,12H,11H2,(H,20,21). The molecule has 0 saturated heterocycles. The molecule has 4 heteroatoms. The van der Waals surface area contributed by atoms with Crippen molar-refractivity contribution in [3.63, 3.8) is 0 Å². The number of nitrogens with one attached hydrogen (secondary N) is 1. The van der Waals surface area contributed by atoms with Crippen LogP contribution in [0.15, 0.2) is 67.0 Å². The number of hydrogen-bond donors (Lipinski definition) is 1. The fourth-order valence-corrected chi connectivity index (χ4v) is 2.77. The van der Waals surface area contributed by atoms with Crippen molar-refractivity contribution in [1.29, 1.82) is 0 Å². The van der Waals surface area contributed by atoms with E-state index in [1.807, 2.05) is 54.6 Å². The number of carbonyl (C=O) groups is 1. The Morgan fingerprint density at radius 1 is 1.00 bits per heavy atom. The normalized spacial score (nSPS) is 11.0. The van der Waals surface area contributed by atoms with Gasteiger partial charge in [-0.15, -0.1) is 0 Å². The molecule has 0 atom stereocenters. The molecule has 4 nitrogen and oxygen atoms in total. The van der Waals surface area contributed by atoms with Crippen LogP contribution in [0.2, 0.25) is 0 Å². The molecule has 0 unspecified atom stereocenters. The van der Waals surface area contributed by atoms with E-state index in [2.05, 4.69) is 9.97 Å². The van der Waals surface area contributed by atoms with Crippen molar-refractivity contribution in [3.8, 4) is 0 Å². The zero-order chi connectivity index (χ0) is 15.6. The minimum Gasteiger partial charge on any atom is -0.457 e. The maximum atomic E-state index is 12.4. The van der Waals surface area contributed by atoms with E-state index in [-0.39, 0.29) is 12.6 Å². The second-order valence-corrected chi connectivity index (χ2v) is 5.32. The molecule has 4 rings (SSSR count). The Bertz CT molecular complexity index is 999. The molecule has 0 amide bonds. The summed E-state index contributed by atoms with van der Waals surface area (Å²) in [5.41, 5.74) is 2.93. The van der Waals surface area contributed by atoms with E-state index >= 15 is 0 Å². The number of hydrogen-bond acceptors (Lipinski definition) is 3. The third-order valence-corrected chi connectivity index (χ3v) is 3.91. The third kappa shape index (κ3) is 2.44. The topological polar surface area (TPSA) is 55.0 Å². The van der Waals surface area contributed by atoms with Crippen molar-refractivity contribution in [2.45, 2.75) is 6.61 Å². The number of carbonyl (C=O) groups excluding carboxylic acids is 1. The number of nitrogens with zero attached hydrogens (tertiary/aromatic N) is 1. The number of imidazole rings is 1. The second kappa shape index (κ2) is 5.57. The Kier molecular flexibility index (Phi) is 3.27. The Labute approximate surface area is 132 Å². The van der Waals surface area contributed by atoms with E-state index in [4.69, 9.17) is 4.74 Å². The smallest absolute Gasteiger partial charge is 0.340 e. The summed E-state index contributed by atoms with van der Waals surface area (Å²) in [6, 6.07) is 19.5. The largest absolute Gasteiger partial charge is 0.457 e. The van der Waals surface area contributed by atoms with Crippen molar-refractivity contribution in [3.05, 3.63) is 78.1 Å². The number of esters is 1.